The van der Waals surface area contributed by atoms with Crippen molar-refractivity contribution in [3.63, 3.8) is 0 Å². The first kappa shape index (κ1) is 14.3. The molecule has 1 amide bonds. The van der Waals surface area contributed by atoms with Crippen LogP contribution in [-0.2, 0) is 4.74 Å². The van der Waals surface area contributed by atoms with E-state index in [-0.39, 0.29) is 17.6 Å². The molecule has 0 radical (unpaired) electrons. The van der Waals surface area contributed by atoms with Gasteiger partial charge < -0.3 is 14.5 Å². The molecule has 0 unspecified atom stereocenters. The summed E-state index contributed by atoms with van der Waals surface area (Å²) in [6, 6.07) is 1.40. The number of nitrogens with one attached hydrogen (secondary N) is 1. The molecule has 0 aromatic carbocycles. The van der Waals surface area contributed by atoms with Crippen molar-refractivity contribution < 1.29 is 13.9 Å². The molecule has 1 aliphatic carbocycles. The van der Waals surface area contributed by atoms with Crippen LogP contribution in [-0.4, -0.2) is 24.2 Å². The fourth-order valence-corrected chi connectivity index (χ4v) is 3.66. The Labute approximate surface area is 123 Å². The van der Waals surface area contributed by atoms with Crippen molar-refractivity contribution in [2.24, 2.45) is 0 Å². The van der Waals surface area contributed by atoms with Gasteiger partial charge in [0.05, 0.1) is 23.8 Å². The summed E-state index contributed by atoms with van der Waals surface area (Å²) in [6.45, 7) is 3.97. The Hall–Kier alpha value is -1.62. The highest BCUT2D eigenvalue weighted by atomic mass is 16.5. The van der Waals surface area contributed by atoms with Crippen LogP contribution >= 0.6 is 0 Å². The fourth-order valence-electron chi connectivity index (χ4n) is 3.66. The predicted molar refractivity (Wildman–Crippen MR) is 77.5 cm³/mol. The van der Waals surface area contributed by atoms with Crippen molar-refractivity contribution in [1.29, 1.82) is 0 Å². The second kappa shape index (κ2) is 5.30. The van der Waals surface area contributed by atoms with Crippen molar-refractivity contribution in [1.82, 2.24) is 5.32 Å². The molecule has 1 saturated heterocycles. The van der Waals surface area contributed by atoms with Gasteiger partial charge >= 0.3 is 5.63 Å². The average molecular weight is 291 g/mol. The number of ether oxygens (including phenoxy) is 1. The van der Waals surface area contributed by atoms with Gasteiger partial charge in [0.15, 0.2) is 0 Å². The van der Waals surface area contributed by atoms with Crippen LogP contribution in [0.5, 0.6) is 0 Å². The zero-order valence-corrected chi connectivity index (χ0v) is 12.5. The molecular weight excluding hydrogens is 270 g/mol. The van der Waals surface area contributed by atoms with Crippen LogP contribution in [0.4, 0.5) is 0 Å². The minimum absolute atomic E-state index is 0.00864. The quantitative estimate of drug-likeness (QED) is 0.906. The van der Waals surface area contributed by atoms with Crippen LogP contribution in [0, 0.1) is 13.8 Å². The molecule has 5 nitrogen and oxygen atoms in total. The Morgan fingerprint density at radius 3 is 2.71 bits per heavy atom. The van der Waals surface area contributed by atoms with Crippen molar-refractivity contribution in [3.05, 3.63) is 33.4 Å². The highest BCUT2D eigenvalue weighted by Crippen LogP contribution is 2.40. The van der Waals surface area contributed by atoms with Crippen molar-refractivity contribution in [3.8, 4) is 0 Å². The highest BCUT2D eigenvalue weighted by Gasteiger charge is 2.42. The van der Waals surface area contributed by atoms with Gasteiger partial charge in [-0.1, -0.05) is 12.8 Å². The summed E-state index contributed by atoms with van der Waals surface area (Å²) in [5.41, 5.74) is 0.680. The number of carbonyl (C=O) groups excluding carboxylic acids is 1. The van der Waals surface area contributed by atoms with Crippen molar-refractivity contribution >= 4 is 5.91 Å². The number of aryl methyl sites for hydroxylation is 2. The van der Waals surface area contributed by atoms with E-state index in [0.29, 0.717) is 23.5 Å². The molecule has 1 spiro atoms. The van der Waals surface area contributed by atoms with Gasteiger partial charge in [-0.2, -0.15) is 0 Å². The first-order valence-electron chi connectivity index (χ1n) is 7.55. The number of amides is 1. The van der Waals surface area contributed by atoms with Gasteiger partial charge in [-0.15, -0.1) is 0 Å². The Balaban J connectivity index is 1.72. The molecule has 114 valence electrons. The standard InChI is InChI=1S/C16H21NO4/c1-10-7-13(18)21-11(2)14(10)15(19)17-12-8-16(20-9-12)5-3-4-6-16/h7,12H,3-6,8-9H2,1-2H3,(H,17,19)/t12-/m1/s1. The van der Waals surface area contributed by atoms with E-state index in [1.54, 1.807) is 13.8 Å². The van der Waals surface area contributed by atoms with E-state index in [1.807, 2.05) is 0 Å². The van der Waals surface area contributed by atoms with Gasteiger partial charge in [-0.3, -0.25) is 4.79 Å². The molecule has 0 bridgehead atoms. The first-order chi connectivity index (χ1) is 9.99. The molecule has 1 aliphatic heterocycles. The summed E-state index contributed by atoms with van der Waals surface area (Å²) >= 11 is 0. The summed E-state index contributed by atoms with van der Waals surface area (Å²) < 4.78 is 11.0. The lowest BCUT2D eigenvalue weighted by Crippen LogP contribution is -2.37. The van der Waals surface area contributed by atoms with Crippen LogP contribution in [0.3, 0.4) is 0 Å². The maximum Gasteiger partial charge on any atom is 0.336 e. The van der Waals surface area contributed by atoms with Crippen molar-refractivity contribution in [2.45, 2.75) is 57.6 Å². The molecule has 1 N–H and O–H groups in total. The van der Waals surface area contributed by atoms with Gasteiger partial charge in [0.25, 0.3) is 5.91 Å². The molecule has 2 heterocycles. The second-order valence-electron chi connectivity index (χ2n) is 6.26. The lowest BCUT2D eigenvalue weighted by atomic mass is 9.96. The summed E-state index contributed by atoms with van der Waals surface area (Å²) in [6.07, 6.45) is 5.49. The van der Waals surface area contributed by atoms with E-state index in [1.165, 1.54) is 18.9 Å². The fraction of sp³-hybridized carbons (Fsp3) is 0.625. The maximum absolute atomic E-state index is 12.4. The Kier molecular flexibility index (Phi) is 3.61. The third-order valence-corrected chi connectivity index (χ3v) is 4.62. The van der Waals surface area contributed by atoms with Crippen LogP contribution < -0.4 is 10.9 Å². The third kappa shape index (κ3) is 2.75. The molecule has 21 heavy (non-hydrogen) atoms. The average Bonchev–Trinajstić information content (AvgIpc) is 2.99. The van der Waals surface area contributed by atoms with E-state index in [9.17, 15) is 9.59 Å². The zero-order chi connectivity index (χ0) is 15.0. The van der Waals surface area contributed by atoms with Crippen molar-refractivity contribution in [2.75, 3.05) is 6.61 Å². The molecule has 1 aromatic heterocycles. The van der Waals surface area contributed by atoms with E-state index in [4.69, 9.17) is 9.15 Å². The maximum atomic E-state index is 12.4. The van der Waals surface area contributed by atoms with Crippen LogP contribution in [0.15, 0.2) is 15.3 Å². The number of rotatable bonds is 2. The highest BCUT2D eigenvalue weighted by molar-refractivity contribution is 5.96. The summed E-state index contributed by atoms with van der Waals surface area (Å²) in [5.74, 6) is 0.185. The number of carbonyl (C=O) groups is 1. The molecule has 2 fully saturated rings. The Bertz CT molecular complexity index is 587. The molecule has 1 saturated carbocycles. The van der Waals surface area contributed by atoms with Gasteiger partial charge in [0, 0.05) is 6.07 Å². The molecule has 3 rings (SSSR count). The smallest absolute Gasteiger partial charge is 0.336 e. The first-order valence-corrected chi connectivity index (χ1v) is 7.55. The Morgan fingerprint density at radius 1 is 1.33 bits per heavy atom. The largest absolute Gasteiger partial charge is 0.427 e. The van der Waals surface area contributed by atoms with Gasteiger partial charge in [0.2, 0.25) is 0 Å². The van der Waals surface area contributed by atoms with Gasteiger partial charge in [0.1, 0.15) is 5.76 Å². The van der Waals surface area contributed by atoms with Crippen LogP contribution in [0.1, 0.15) is 53.8 Å². The summed E-state index contributed by atoms with van der Waals surface area (Å²) in [4.78, 5) is 23.7. The normalized spacial score (nSPS) is 23.6. The minimum Gasteiger partial charge on any atom is -0.427 e. The topological polar surface area (TPSA) is 68.5 Å². The molecule has 1 aromatic rings. The van der Waals surface area contributed by atoms with E-state index in [2.05, 4.69) is 5.32 Å². The monoisotopic (exact) mass is 291 g/mol. The molecular formula is C16H21NO4. The summed E-state index contributed by atoms with van der Waals surface area (Å²) in [7, 11) is 0. The number of hydrogen-bond acceptors (Lipinski definition) is 4. The predicted octanol–water partition coefficient (Wildman–Crippen LogP) is 2.09. The van der Waals surface area contributed by atoms with E-state index >= 15 is 0 Å². The van der Waals surface area contributed by atoms with E-state index < -0.39 is 5.63 Å². The van der Waals surface area contributed by atoms with Crippen LogP contribution in [0.2, 0.25) is 0 Å². The molecule has 5 heteroatoms. The van der Waals surface area contributed by atoms with Gasteiger partial charge in [-0.05, 0) is 38.7 Å². The lowest BCUT2D eigenvalue weighted by molar-refractivity contribution is 0.00987. The summed E-state index contributed by atoms with van der Waals surface area (Å²) in [5, 5.41) is 3.02. The number of hydrogen-bond donors (Lipinski definition) is 1. The second-order valence-corrected chi connectivity index (χ2v) is 6.26. The minimum atomic E-state index is -0.421. The third-order valence-electron chi connectivity index (χ3n) is 4.62. The Morgan fingerprint density at radius 2 is 2.05 bits per heavy atom. The molecule has 2 aliphatic rings. The lowest BCUT2D eigenvalue weighted by Gasteiger charge is -2.21. The van der Waals surface area contributed by atoms with Gasteiger partial charge in [-0.25, -0.2) is 4.79 Å². The van der Waals surface area contributed by atoms with Crippen LogP contribution in [0.25, 0.3) is 0 Å². The molecule has 1 atom stereocenters. The SMILES string of the molecule is Cc1cc(=O)oc(C)c1C(=O)N[C@H]1COC2(CCCC2)C1. The van der Waals surface area contributed by atoms with E-state index in [0.717, 1.165) is 19.3 Å². The zero-order valence-electron chi connectivity index (χ0n) is 12.5.